The van der Waals surface area contributed by atoms with Crippen LogP contribution in [0.4, 0.5) is 11.4 Å². The fraction of sp³-hybridized carbons (Fsp3) is 0.174. The molecule has 0 atom stereocenters. The van der Waals surface area contributed by atoms with Crippen LogP contribution in [0, 0.1) is 24.0 Å². The molecular weight excluding hydrogens is 524 g/mol. The molecule has 3 aromatic rings. The van der Waals surface area contributed by atoms with Crippen molar-refractivity contribution in [3.63, 3.8) is 0 Å². The lowest BCUT2D eigenvalue weighted by Gasteiger charge is -2.14. The summed E-state index contributed by atoms with van der Waals surface area (Å²) in [6, 6.07) is 8.55. The molecule has 0 saturated carbocycles. The molecule has 0 aliphatic rings. The molecule has 0 fully saturated rings. The number of hydrogen-bond donors (Lipinski definition) is 3. The van der Waals surface area contributed by atoms with Crippen LogP contribution in [0.3, 0.4) is 0 Å². The van der Waals surface area contributed by atoms with E-state index in [2.05, 4.69) is 31.2 Å². The Balaban J connectivity index is 1.70. The van der Waals surface area contributed by atoms with Crippen LogP contribution in [0.1, 0.15) is 22.5 Å². The number of carbonyl (C=O) groups is 1. The maximum atomic E-state index is 12.4. The number of nitrogens with zero attached hydrogens (tertiary/aromatic N) is 2. The number of halogens is 1. The number of nitro groups is 1. The van der Waals surface area contributed by atoms with Crippen LogP contribution >= 0.6 is 15.9 Å². The van der Waals surface area contributed by atoms with E-state index in [4.69, 9.17) is 9.47 Å². The topological polar surface area (TPSA) is 157 Å². The standard InChI is InChI=1S/C23H21BrN4O7/c1-12-13(2)16(7-6-15(12)24)25-20(29)11-35-17-8-4-14(10-18(17)34-3)5-9-19-26-22(30)21(28(32)33)23(31)27-19/h4-10H,11H2,1-3H3,(H,25,29)(H2,26,27,30,31)/b9-5-. The Labute approximate surface area is 207 Å². The van der Waals surface area contributed by atoms with Crippen molar-refractivity contribution in [2.75, 3.05) is 19.0 Å². The van der Waals surface area contributed by atoms with Gasteiger partial charge in [-0.1, -0.05) is 28.1 Å². The zero-order valence-corrected chi connectivity index (χ0v) is 20.5. The molecule has 11 nitrogen and oxygen atoms in total. The third-order valence-electron chi connectivity index (χ3n) is 5.05. The molecule has 0 radical (unpaired) electrons. The van der Waals surface area contributed by atoms with E-state index in [1.807, 2.05) is 19.9 Å². The summed E-state index contributed by atoms with van der Waals surface area (Å²) in [5, 5.41) is 23.2. The molecule has 0 aliphatic heterocycles. The summed E-state index contributed by atoms with van der Waals surface area (Å²) in [4.78, 5) is 39.7. The minimum Gasteiger partial charge on any atom is -0.493 e. The van der Waals surface area contributed by atoms with Crippen molar-refractivity contribution in [1.29, 1.82) is 0 Å². The van der Waals surface area contributed by atoms with Crippen LogP contribution in [0.15, 0.2) is 39.6 Å². The number of ether oxygens (including phenoxy) is 2. The summed E-state index contributed by atoms with van der Waals surface area (Å²) < 4.78 is 11.9. The van der Waals surface area contributed by atoms with Crippen LogP contribution in [-0.4, -0.2) is 39.6 Å². The number of aromatic nitrogens is 2. The number of rotatable bonds is 8. The van der Waals surface area contributed by atoms with Crippen molar-refractivity contribution in [3.8, 4) is 17.4 Å². The second-order valence-corrected chi connectivity index (χ2v) is 8.16. The zero-order valence-electron chi connectivity index (χ0n) is 18.9. The Kier molecular flexibility index (Phi) is 7.87. The lowest BCUT2D eigenvalue weighted by atomic mass is 10.1. The number of carbonyl (C=O) groups excluding carboxylic acids is 1. The highest BCUT2D eigenvalue weighted by atomic mass is 79.9. The maximum Gasteiger partial charge on any atom is 0.395 e. The van der Waals surface area contributed by atoms with Gasteiger partial charge in [0.25, 0.3) is 11.8 Å². The monoisotopic (exact) mass is 544 g/mol. The summed E-state index contributed by atoms with van der Waals surface area (Å²) in [6.07, 6.45) is 2.90. The van der Waals surface area contributed by atoms with E-state index in [1.165, 1.54) is 13.2 Å². The number of aromatic amines is 1. The van der Waals surface area contributed by atoms with Crippen molar-refractivity contribution in [3.05, 3.63) is 77.8 Å². The fourth-order valence-corrected chi connectivity index (χ4v) is 3.48. The summed E-state index contributed by atoms with van der Waals surface area (Å²) in [7, 11) is 1.44. The molecule has 1 aromatic heterocycles. The summed E-state index contributed by atoms with van der Waals surface area (Å²) in [6.45, 7) is 3.62. The Bertz CT molecular complexity index is 1390. The number of H-pyrrole nitrogens is 1. The molecule has 3 N–H and O–H groups in total. The van der Waals surface area contributed by atoms with Gasteiger partial charge in [0, 0.05) is 10.2 Å². The largest absolute Gasteiger partial charge is 0.493 e. The van der Waals surface area contributed by atoms with Gasteiger partial charge in [-0.05, 0) is 60.9 Å². The smallest absolute Gasteiger partial charge is 0.395 e. The quantitative estimate of drug-likeness (QED) is 0.284. The number of amides is 1. The Hall–Kier alpha value is -4.19. The molecule has 35 heavy (non-hydrogen) atoms. The summed E-state index contributed by atoms with van der Waals surface area (Å²) in [5.74, 6) is -0.709. The fourth-order valence-electron chi connectivity index (χ4n) is 3.05. The minimum absolute atomic E-state index is 0.0764. The molecule has 0 saturated heterocycles. The molecule has 0 spiro atoms. The van der Waals surface area contributed by atoms with Crippen molar-refractivity contribution in [2.24, 2.45) is 0 Å². The van der Waals surface area contributed by atoms with Crippen molar-refractivity contribution in [1.82, 2.24) is 9.97 Å². The van der Waals surface area contributed by atoms with Gasteiger partial charge in [-0.2, -0.15) is 4.98 Å². The Morgan fingerprint density at radius 1 is 1.23 bits per heavy atom. The van der Waals surface area contributed by atoms with Gasteiger partial charge in [-0.25, -0.2) is 0 Å². The van der Waals surface area contributed by atoms with Crippen LogP contribution in [0.2, 0.25) is 0 Å². The number of hydrogen-bond acceptors (Lipinski definition) is 8. The highest BCUT2D eigenvalue weighted by molar-refractivity contribution is 9.10. The Morgan fingerprint density at radius 3 is 2.63 bits per heavy atom. The molecular formula is C23H21BrN4O7. The first kappa shape index (κ1) is 25.4. The second-order valence-electron chi connectivity index (χ2n) is 7.31. The van der Waals surface area contributed by atoms with Crippen LogP contribution in [0.25, 0.3) is 12.2 Å². The number of anilines is 1. The van der Waals surface area contributed by atoms with Gasteiger partial charge in [-0.15, -0.1) is 0 Å². The van der Waals surface area contributed by atoms with Crippen LogP contribution in [0.5, 0.6) is 17.4 Å². The molecule has 0 bridgehead atoms. The minimum atomic E-state index is -1.07. The van der Waals surface area contributed by atoms with Gasteiger partial charge in [-0.3, -0.25) is 19.7 Å². The average Bonchev–Trinajstić information content (AvgIpc) is 2.81. The number of benzene rings is 2. The van der Waals surface area contributed by atoms with Gasteiger partial charge in [0.15, 0.2) is 18.1 Å². The molecule has 1 heterocycles. The van der Waals surface area contributed by atoms with Gasteiger partial charge < -0.3 is 24.9 Å². The first-order valence-corrected chi connectivity index (χ1v) is 10.9. The van der Waals surface area contributed by atoms with E-state index >= 15 is 0 Å². The number of nitrogens with one attached hydrogen (secondary N) is 2. The van der Waals surface area contributed by atoms with E-state index < -0.39 is 22.0 Å². The summed E-state index contributed by atoms with van der Waals surface area (Å²) in [5.41, 5.74) is 1.17. The average molecular weight is 545 g/mol. The number of aromatic hydroxyl groups is 1. The zero-order chi connectivity index (χ0) is 25.7. The van der Waals surface area contributed by atoms with E-state index in [0.717, 1.165) is 15.6 Å². The molecule has 3 rings (SSSR count). The highest BCUT2D eigenvalue weighted by Crippen LogP contribution is 2.29. The molecule has 0 aliphatic carbocycles. The van der Waals surface area contributed by atoms with Gasteiger partial charge in [0.1, 0.15) is 5.82 Å². The lowest BCUT2D eigenvalue weighted by Crippen LogP contribution is -2.21. The van der Waals surface area contributed by atoms with Gasteiger partial charge in [0.2, 0.25) is 0 Å². The first-order valence-electron chi connectivity index (χ1n) is 10.1. The normalized spacial score (nSPS) is 10.9. The molecule has 2 aromatic carbocycles. The second kappa shape index (κ2) is 10.8. The van der Waals surface area contributed by atoms with Gasteiger partial charge >= 0.3 is 11.2 Å². The van der Waals surface area contributed by atoms with E-state index in [-0.39, 0.29) is 18.3 Å². The third kappa shape index (κ3) is 6.03. The summed E-state index contributed by atoms with van der Waals surface area (Å²) >= 11 is 3.46. The van der Waals surface area contributed by atoms with Gasteiger partial charge in [0.05, 0.1) is 12.0 Å². The highest BCUT2D eigenvalue weighted by Gasteiger charge is 2.21. The van der Waals surface area contributed by atoms with Crippen molar-refractivity contribution < 1.29 is 24.3 Å². The predicted molar refractivity (Wildman–Crippen MR) is 133 cm³/mol. The SMILES string of the molecule is COc1cc(/C=C\c2nc(O)c([N+](=O)[O-])c(=O)[nH]2)ccc1OCC(=O)Nc1ccc(Br)c(C)c1C. The first-order chi connectivity index (χ1) is 16.6. The van der Waals surface area contributed by atoms with Crippen LogP contribution < -0.4 is 20.3 Å². The molecule has 0 unspecified atom stereocenters. The molecule has 182 valence electrons. The van der Waals surface area contributed by atoms with E-state index in [9.17, 15) is 24.8 Å². The third-order valence-corrected chi connectivity index (χ3v) is 5.91. The molecule has 12 heteroatoms. The van der Waals surface area contributed by atoms with E-state index in [1.54, 1.807) is 30.3 Å². The number of methoxy groups -OCH3 is 1. The Morgan fingerprint density at radius 2 is 1.97 bits per heavy atom. The van der Waals surface area contributed by atoms with Crippen LogP contribution in [-0.2, 0) is 4.79 Å². The lowest BCUT2D eigenvalue weighted by molar-refractivity contribution is -0.387. The maximum absolute atomic E-state index is 12.4. The van der Waals surface area contributed by atoms with Crippen molar-refractivity contribution >= 4 is 45.4 Å². The molecule has 1 amide bonds. The predicted octanol–water partition coefficient (Wildman–Crippen LogP) is 3.96. The van der Waals surface area contributed by atoms with Crippen molar-refractivity contribution in [2.45, 2.75) is 13.8 Å². The van der Waals surface area contributed by atoms with E-state index in [0.29, 0.717) is 22.7 Å².